The lowest BCUT2D eigenvalue weighted by Crippen LogP contribution is -2.33. The number of nitrogens with one attached hydrogen (secondary N) is 2. The molecule has 0 aliphatic rings. The minimum Gasteiger partial charge on any atom is -0.372 e. The van der Waals surface area contributed by atoms with Gasteiger partial charge < -0.3 is 10.2 Å². The number of carbonyl (C=O) groups excluding carboxylic acids is 2. The molecule has 3 rings (SSSR count). The van der Waals surface area contributed by atoms with Gasteiger partial charge in [0.25, 0.3) is 11.8 Å². The van der Waals surface area contributed by atoms with Gasteiger partial charge in [-0.2, -0.15) is 5.10 Å². The number of nitrogens with zero attached hydrogens (tertiary/aromatic N) is 2. The van der Waals surface area contributed by atoms with Gasteiger partial charge in [0, 0.05) is 18.8 Å². The molecule has 0 fully saturated rings. The number of carbonyl (C=O) groups is 2. The van der Waals surface area contributed by atoms with Crippen LogP contribution in [-0.4, -0.2) is 31.1 Å². The molecule has 2 N–H and O–H groups in total. The van der Waals surface area contributed by atoms with Crippen molar-refractivity contribution in [1.29, 1.82) is 0 Å². The number of anilines is 1. The van der Waals surface area contributed by atoms with Gasteiger partial charge in [0.15, 0.2) is 0 Å². The Kier molecular flexibility index (Phi) is 10.0. The lowest BCUT2D eigenvalue weighted by Gasteiger charge is -2.21. The third-order valence-electron chi connectivity index (χ3n) is 5.93. The third-order valence-corrected chi connectivity index (χ3v) is 6.26. The molecular formula is C30H33ClN4O2. The van der Waals surface area contributed by atoms with Crippen LogP contribution >= 0.6 is 11.6 Å². The Morgan fingerprint density at radius 1 is 0.919 bits per heavy atom. The average molecular weight is 517 g/mol. The van der Waals surface area contributed by atoms with Crippen LogP contribution in [0.15, 0.2) is 83.6 Å². The van der Waals surface area contributed by atoms with Crippen LogP contribution in [0.5, 0.6) is 0 Å². The van der Waals surface area contributed by atoms with Crippen molar-refractivity contribution in [3.8, 4) is 0 Å². The lowest BCUT2D eigenvalue weighted by atomic mass is 10.0. The van der Waals surface area contributed by atoms with Crippen LogP contribution in [0.3, 0.4) is 0 Å². The first kappa shape index (κ1) is 27.7. The van der Waals surface area contributed by atoms with E-state index in [1.807, 2.05) is 48.5 Å². The number of rotatable bonds is 10. The van der Waals surface area contributed by atoms with Crippen LogP contribution in [0.25, 0.3) is 6.08 Å². The largest absolute Gasteiger partial charge is 0.372 e. The van der Waals surface area contributed by atoms with Crippen molar-refractivity contribution in [3.63, 3.8) is 0 Å². The highest BCUT2D eigenvalue weighted by Gasteiger charge is 2.16. The van der Waals surface area contributed by atoms with Gasteiger partial charge in [0.1, 0.15) is 5.70 Å². The van der Waals surface area contributed by atoms with E-state index < -0.39 is 11.8 Å². The average Bonchev–Trinajstić information content (AvgIpc) is 2.90. The van der Waals surface area contributed by atoms with Crippen molar-refractivity contribution in [2.75, 3.05) is 18.0 Å². The molecule has 0 saturated carbocycles. The zero-order valence-corrected chi connectivity index (χ0v) is 22.4. The second-order valence-corrected chi connectivity index (χ2v) is 9.18. The molecular weight excluding hydrogens is 484 g/mol. The first-order valence-corrected chi connectivity index (χ1v) is 12.8. The van der Waals surface area contributed by atoms with Crippen molar-refractivity contribution in [3.05, 3.63) is 106 Å². The number of amides is 2. The second-order valence-electron chi connectivity index (χ2n) is 8.78. The van der Waals surface area contributed by atoms with E-state index in [0.717, 1.165) is 29.9 Å². The quantitative estimate of drug-likeness (QED) is 0.190. The smallest absolute Gasteiger partial charge is 0.287 e. The van der Waals surface area contributed by atoms with Crippen LogP contribution in [-0.2, 0) is 4.79 Å². The summed E-state index contributed by atoms with van der Waals surface area (Å²) in [5, 5.41) is 7.08. The van der Waals surface area contributed by atoms with E-state index in [-0.39, 0.29) is 11.3 Å². The molecule has 0 atom stereocenters. The van der Waals surface area contributed by atoms with E-state index >= 15 is 0 Å². The molecule has 3 aromatic rings. The summed E-state index contributed by atoms with van der Waals surface area (Å²) in [5.41, 5.74) is 6.75. The first-order chi connectivity index (χ1) is 17.8. The Hall–Kier alpha value is -3.90. The van der Waals surface area contributed by atoms with Crippen molar-refractivity contribution in [2.24, 2.45) is 5.10 Å². The molecule has 0 aliphatic carbocycles. The van der Waals surface area contributed by atoms with Crippen LogP contribution in [0, 0.1) is 0 Å². The maximum absolute atomic E-state index is 13.1. The van der Waals surface area contributed by atoms with E-state index in [4.69, 9.17) is 11.6 Å². The maximum atomic E-state index is 13.1. The highest BCUT2D eigenvalue weighted by atomic mass is 35.5. The van der Waals surface area contributed by atoms with Gasteiger partial charge in [-0.1, -0.05) is 74.0 Å². The molecule has 0 aromatic heterocycles. The number of hydrogen-bond donors (Lipinski definition) is 2. The number of hydrazone groups is 1. The molecule has 2 amide bonds. The van der Waals surface area contributed by atoms with Crippen molar-refractivity contribution >= 4 is 41.4 Å². The van der Waals surface area contributed by atoms with E-state index in [0.29, 0.717) is 10.9 Å². The predicted octanol–water partition coefficient (Wildman–Crippen LogP) is 6.23. The highest BCUT2D eigenvalue weighted by Crippen LogP contribution is 2.18. The molecule has 0 unspecified atom stereocenters. The maximum Gasteiger partial charge on any atom is 0.287 e. The third kappa shape index (κ3) is 7.79. The summed E-state index contributed by atoms with van der Waals surface area (Å²) in [4.78, 5) is 28.2. The second kappa shape index (κ2) is 13.4. The summed E-state index contributed by atoms with van der Waals surface area (Å²) in [6.45, 7) is 10.2. The Balaban J connectivity index is 1.82. The highest BCUT2D eigenvalue weighted by molar-refractivity contribution is 6.34. The van der Waals surface area contributed by atoms with E-state index in [1.54, 1.807) is 36.6 Å². The monoisotopic (exact) mass is 516 g/mol. The molecule has 0 saturated heterocycles. The fourth-order valence-corrected chi connectivity index (χ4v) is 3.94. The standard InChI is InChI=1S/C30H33ClN4O2/c1-5-35(6-2)25-17-13-22(14-18-25)19-28(33-29(36)26-9-7-8-10-27(26)31)30(37)34-32-20-23-11-15-24(16-12-23)21(3)4/h7-21H,5-6H2,1-4H3,(H,33,36)(H,34,37)/b28-19+,32-20+. The summed E-state index contributed by atoms with van der Waals surface area (Å²) in [7, 11) is 0. The molecule has 0 bridgehead atoms. The molecule has 0 spiro atoms. The van der Waals surface area contributed by atoms with Crippen LogP contribution in [0.1, 0.15) is 60.7 Å². The fourth-order valence-electron chi connectivity index (χ4n) is 3.72. The van der Waals surface area contributed by atoms with Crippen molar-refractivity contribution in [2.45, 2.75) is 33.6 Å². The fraction of sp³-hybridized carbons (Fsp3) is 0.233. The molecule has 7 heteroatoms. The summed E-state index contributed by atoms with van der Waals surface area (Å²) in [6.07, 6.45) is 3.18. The topological polar surface area (TPSA) is 73.8 Å². The summed E-state index contributed by atoms with van der Waals surface area (Å²) in [6, 6.07) is 22.4. The Labute approximate surface area is 224 Å². The molecule has 0 aliphatic heterocycles. The van der Waals surface area contributed by atoms with Gasteiger partial charge in [-0.25, -0.2) is 5.43 Å². The van der Waals surface area contributed by atoms with Gasteiger partial charge >= 0.3 is 0 Å². The van der Waals surface area contributed by atoms with Gasteiger partial charge in [-0.3, -0.25) is 9.59 Å². The molecule has 0 heterocycles. The first-order valence-electron chi connectivity index (χ1n) is 12.4. The van der Waals surface area contributed by atoms with E-state index in [9.17, 15) is 9.59 Å². The van der Waals surface area contributed by atoms with Gasteiger partial charge in [-0.05, 0) is 66.8 Å². The van der Waals surface area contributed by atoms with Gasteiger partial charge in [-0.15, -0.1) is 0 Å². The Bertz CT molecular complexity index is 1260. The van der Waals surface area contributed by atoms with Crippen molar-refractivity contribution in [1.82, 2.24) is 10.7 Å². The summed E-state index contributed by atoms with van der Waals surface area (Å²) in [5.74, 6) is -0.607. The normalized spacial score (nSPS) is 11.6. The minimum atomic E-state index is -0.553. The Morgan fingerprint density at radius 2 is 1.54 bits per heavy atom. The molecule has 37 heavy (non-hydrogen) atoms. The minimum absolute atomic E-state index is 0.0489. The lowest BCUT2D eigenvalue weighted by molar-refractivity contribution is -0.117. The SMILES string of the molecule is CCN(CC)c1ccc(/C=C(/NC(=O)c2ccccc2Cl)C(=O)N/N=C/c2ccc(C(C)C)cc2)cc1. The zero-order valence-electron chi connectivity index (χ0n) is 21.7. The van der Waals surface area contributed by atoms with Gasteiger partial charge in [0.05, 0.1) is 16.8 Å². The van der Waals surface area contributed by atoms with Gasteiger partial charge in [0.2, 0.25) is 0 Å². The van der Waals surface area contributed by atoms with E-state index in [2.05, 4.69) is 48.4 Å². The van der Waals surface area contributed by atoms with E-state index in [1.165, 1.54) is 5.56 Å². The molecule has 3 aromatic carbocycles. The Morgan fingerprint density at radius 3 is 2.14 bits per heavy atom. The van der Waals surface area contributed by atoms with Crippen LogP contribution in [0.2, 0.25) is 5.02 Å². The van der Waals surface area contributed by atoms with Crippen LogP contribution < -0.4 is 15.6 Å². The predicted molar refractivity (Wildman–Crippen MR) is 153 cm³/mol. The number of halogens is 1. The molecule has 192 valence electrons. The molecule has 0 radical (unpaired) electrons. The summed E-state index contributed by atoms with van der Waals surface area (Å²) < 4.78 is 0. The zero-order chi connectivity index (χ0) is 26.8. The number of hydrogen-bond acceptors (Lipinski definition) is 4. The summed E-state index contributed by atoms with van der Waals surface area (Å²) >= 11 is 6.19. The van der Waals surface area contributed by atoms with Crippen LogP contribution in [0.4, 0.5) is 5.69 Å². The van der Waals surface area contributed by atoms with Crippen molar-refractivity contribution < 1.29 is 9.59 Å². The molecule has 6 nitrogen and oxygen atoms in total. The number of benzene rings is 3.